The molecule has 0 aromatic carbocycles. The van der Waals surface area contributed by atoms with Crippen molar-refractivity contribution in [2.45, 2.75) is 38.7 Å². The number of nitrogens with zero attached hydrogens (tertiary/aromatic N) is 4. The van der Waals surface area contributed by atoms with E-state index in [4.69, 9.17) is 25.8 Å². The van der Waals surface area contributed by atoms with Gasteiger partial charge in [-0.1, -0.05) is 11.6 Å². The van der Waals surface area contributed by atoms with Crippen LogP contribution < -0.4 is 0 Å². The van der Waals surface area contributed by atoms with Gasteiger partial charge in [-0.2, -0.15) is 0 Å². The lowest BCUT2D eigenvalue weighted by Gasteiger charge is -2.22. The molecule has 0 aliphatic carbocycles. The molecule has 0 spiro atoms. The summed E-state index contributed by atoms with van der Waals surface area (Å²) in [4.78, 5) is 46.9. The van der Waals surface area contributed by atoms with E-state index in [1.165, 1.54) is 24.7 Å². The lowest BCUT2D eigenvalue weighted by molar-refractivity contribution is -0.157. The van der Waals surface area contributed by atoms with Crippen molar-refractivity contribution in [1.82, 2.24) is 19.5 Å². The fourth-order valence-corrected chi connectivity index (χ4v) is 4.04. The van der Waals surface area contributed by atoms with Crippen molar-refractivity contribution in [2.75, 3.05) is 6.61 Å². The summed E-state index contributed by atoms with van der Waals surface area (Å²) in [5.41, 5.74) is 0.654. The summed E-state index contributed by atoms with van der Waals surface area (Å²) < 4.78 is 18.2. The van der Waals surface area contributed by atoms with E-state index < -0.39 is 42.3 Å². The lowest BCUT2D eigenvalue weighted by atomic mass is 9.95. The van der Waals surface area contributed by atoms with Gasteiger partial charge in [-0.3, -0.25) is 19.0 Å². The molecule has 2 aromatic heterocycles. The highest BCUT2D eigenvalue weighted by Gasteiger charge is 2.49. The molecule has 1 N–H and O–H groups in total. The zero-order valence-electron chi connectivity index (χ0n) is 15.2. The molecule has 1 aliphatic heterocycles. The number of carboxylic acid groups (broad SMARTS) is 1. The molecule has 0 amide bonds. The number of carbonyl (C=O) groups is 3. The van der Waals surface area contributed by atoms with E-state index in [0.29, 0.717) is 15.0 Å². The molecule has 0 bridgehead atoms. The number of fused-ring (bicyclic) bond motifs is 1. The molecule has 1 fully saturated rings. The minimum Gasteiger partial charge on any atom is -0.481 e. The van der Waals surface area contributed by atoms with E-state index in [9.17, 15) is 19.5 Å². The average Bonchev–Trinajstić information content (AvgIpc) is 3.15. The number of hydrogen-bond acceptors (Lipinski definition) is 9. The third-order valence-corrected chi connectivity index (χ3v) is 5.00. The maximum Gasteiger partial charge on any atom is 0.303 e. The van der Waals surface area contributed by atoms with Gasteiger partial charge in [0.15, 0.2) is 14.6 Å². The van der Waals surface area contributed by atoms with E-state index in [-0.39, 0.29) is 18.2 Å². The summed E-state index contributed by atoms with van der Waals surface area (Å²) in [7, 11) is 0. The molecule has 0 unspecified atom stereocenters. The summed E-state index contributed by atoms with van der Waals surface area (Å²) in [5.74, 6) is -3.06. The molecule has 156 valence electrons. The first-order valence-corrected chi connectivity index (χ1v) is 9.86. The van der Waals surface area contributed by atoms with Gasteiger partial charge in [0.05, 0.1) is 18.7 Å². The fraction of sp³-hybridized carbons (Fsp3) is 0.500. The van der Waals surface area contributed by atoms with Crippen LogP contribution in [0.5, 0.6) is 0 Å². The van der Waals surface area contributed by atoms with Crippen LogP contribution in [0.2, 0.25) is 5.15 Å². The number of imidazole rings is 1. The Hall–Kier alpha value is -2.06. The van der Waals surface area contributed by atoms with Crippen molar-refractivity contribution in [3.05, 3.63) is 15.3 Å². The van der Waals surface area contributed by atoms with Gasteiger partial charge >= 0.3 is 17.9 Å². The molecule has 4 atom stereocenters. The first-order valence-electron chi connectivity index (χ1n) is 8.40. The van der Waals surface area contributed by atoms with Gasteiger partial charge in [-0.15, -0.1) is 0 Å². The van der Waals surface area contributed by atoms with Crippen molar-refractivity contribution >= 4 is 63.3 Å². The Bertz CT molecular complexity index is 968. The number of ether oxygens (including phenoxy) is 3. The second kappa shape index (κ2) is 8.75. The zero-order chi connectivity index (χ0) is 21.3. The molecule has 0 saturated carbocycles. The van der Waals surface area contributed by atoms with E-state index in [2.05, 4.69) is 15.0 Å². The predicted octanol–water partition coefficient (Wildman–Crippen LogP) is 1.57. The predicted molar refractivity (Wildman–Crippen MR) is 105 cm³/mol. The molecule has 2 aromatic rings. The number of aliphatic carboxylic acids is 1. The van der Waals surface area contributed by atoms with Crippen LogP contribution in [-0.4, -0.2) is 61.3 Å². The number of rotatable bonds is 6. The number of carbonyl (C=O) groups excluding carboxylic acids is 2. The summed E-state index contributed by atoms with van der Waals surface area (Å²) in [6.07, 6.45) is -1.69. The van der Waals surface area contributed by atoms with E-state index in [1.54, 1.807) is 0 Å². The zero-order valence-corrected chi connectivity index (χ0v) is 18.2. The number of hydrogen-bond donors (Lipinski definition) is 1. The minimum absolute atomic E-state index is 0.138. The van der Waals surface area contributed by atoms with Gasteiger partial charge in [-0.05, 0) is 0 Å². The van der Waals surface area contributed by atoms with Crippen LogP contribution in [-0.2, 0) is 28.6 Å². The summed E-state index contributed by atoms with van der Waals surface area (Å²) in [6.45, 7) is 2.22. The second-order valence-electron chi connectivity index (χ2n) is 6.31. The summed E-state index contributed by atoms with van der Waals surface area (Å²) >= 11 is 8.01. The Morgan fingerprint density at radius 2 is 2.03 bits per heavy atom. The van der Waals surface area contributed by atoms with Crippen molar-refractivity contribution in [3.63, 3.8) is 0 Å². The highest BCUT2D eigenvalue weighted by atomic mass is 127. The van der Waals surface area contributed by atoms with Gasteiger partial charge in [-0.25, -0.2) is 15.0 Å². The average molecular weight is 539 g/mol. The first-order chi connectivity index (χ1) is 13.7. The monoisotopic (exact) mass is 538 g/mol. The molecule has 3 rings (SSSR count). The van der Waals surface area contributed by atoms with Gasteiger partial charge in [0.25, 0.3) is 0 Å². The van der Waals surface area contributed by atoms with Crippen LogP contribution >= 0.6 is 34.2 Å². The highest BCUT2D eigenvalue weighted by molar-refractivity contribution is 14.1. The van der Waals surface area contributed by atoms with E-state index in [1.807, 2.05) is 22.6 Å². The van der Waals surface area contributed by atoms with Crippen LogP contribution in [0.3, 0.4) is 0 Å². The molecule has 13 heteroatoms. The maximum atomic E-state index is 11.6. The molecule has 1 saturated heterocycles. The third-order valence-electron chi connectivity index (χ3n) is 4.26. The molecule has 1 aliphatic rings. The number of halogens is 2. The fourth-order valence-electron chi connectivity index (χ4n) is 3.22. The standard InChI is InChI=1S/C16H16ClIN4O7/c1-6(23)27-4-9-12(28-7(2)24)8(3-10(25)26)15(29-9)22-5-19-11-13(17)20-16(18)21-14(11)22/h5,8-9,12,15H,3-4H2,1-2H3,(H,25,26)/t8-,9-,12-,15-/m1/s1. The Morgan fingerprint density at radius 1 is 1.31 bits per heavy atom. The Morgan fingerprint density at radius 3 is 2.66 bits per heavy atom. The van der Waals surface area contributed by atoms with Crippen molar-refractivity contribution < 1.29 is 33.7 Å². The normalized spacial score (nSPS) is 23.9. The summed E-state index contributed by atoms with van der Waals surface area (Å²) in [5, 5.41) is 9.53. The molecule has 11 nitrogen and oxygen atoms in total. The highest BCUT2D eigenvalue weighted by Crippen LogP contribution is 2.40. The van der Waals surface area contributed by atoms with Crippen LogP contribution in [0, 0.1) is 9.75 Å². The molecule has 0 radical (unpaired) electrons. The molecule has 3 heterocycles. The van der Waals surface area contributed by atoms with Gasteiger partial charge < -0.3 is 19.3 Å². The Kier molecular flexibility index (Phi) is 6.53. The SMILES string of the molecule is CC(=O)OC[C@H]1O[C@@H](n2cnc3c(Cl)nc(I)nc32)[C@H](CC(=O)O)[C@H]1OC(C)=O. The van der Waals surface area contributed by atoms with Crippen molar-refractivity contribution in [3.8, 4) is 0 Å². The van der Waals surface area contributed by atoms with Gasteiger partial charge in [0.2, 0.25) is 0 Å². The van der Waals surface area contributed by atoms with Crippen LogP contribution in [0.4, 0.5) is 0 Å². The second-order valence-corrected chi connectivity index (χ2v) is 7.63. The molecular formula is C16H16ClIN4O7. The van der Waals surface area contributed by atoms with Crippen LogP contribution in [0.15, 0.2) is 6.33 Å². The Balaban J connectivity index is 2.04. The van der Waals surface area contributed by atoms with Crippen molar-refractivity contribution in [2.24, 2.45) is 5.92 Å². The smallest absolute Gasteiger partial charge is 0.303 e. The topological polar surface area (TPSA) is 143 Å². The summed E-state index contributed by atoms with van der Waals surface area (Å²) in [6, 6.07) is 0. The maximum absolute atomic E-state index is 11.6. The quantitative estimate of drug-likeness (QED) is 0.249. The minimum atomic E-state index is -1.11. The largest absolute Gasteiger partial charge is 0.481 e. The first kappa shape index (κ1) is 21.6. The molecule has 29 heavy (non-hydrogen) atoms. The molecular weight excluding hydrogens is 523 g/mol. The van der Waals surface area contributed by atoms with E-state index >= 15 is 0 Å². The van der Waals surface area contributed by atoms with Crippen LogP contribution in [0.1, 0.15) is 26.5 Å². The van der Waals surface area contributed by atoms with E-state index in [0.717, 1.165) is 0 Å². The van der Waals surface area contributed by atoms with Crippen LogP contribution in [0.25, 0.3) is 11.2 Å². The van der Waals surface area contributed by atoms with Crippen molar-refractivity contribution in [1.29, 1.82) is 0 Å². The Labute approximate surface area is 182 Å². The number of esters is 2. The lowest BCUT2D eigenvalue weighted by Crippen LogP contribution is -2.36. The number of aromatic nitrogens is 4. The van der Waals surface area contributed by atoms with Gasteiger partial charge in [0.1, 0.15) is 30.6 Å². The van der Waals surface area contributed by atoms with Gasteiger partial charge in [0, 0.05) is 36.4 Å². The number of carboxylic acids is 1. The third kappa shape index (κ3) is 4.75.